The lowest BCUT2D eigenvalue weighted by Crippen LogP contribution is -2.48. The van der Waals surface area contributed by atoms with Crippen LogP contribution >= 0.6 is 0 Å². The van der Waals surface area contributed by atoms with Crippen LogP contribution in [-0.2, 0) is 11.3 Å². The largest absolute Gasteiger partial charge is 0.394 e. The summed E-state index contributed by atoms with van der Waals surface area (Å²) < 4.78 is 19.6. The number of nitrogens with one attached hydrogen (secondary N) is 1. The van der Waals surface area contributed by atoms with E-state index in [1.54, 1.807) is 12.1 Å². The molecule has 2 rings (SSSR count). The van der Waals surface area contributed by atoms with Gasteiger partial charge in [-0.2, -0.15) is 0 Å². The predicted molar refractivity (Wildman–Crippen MR) is 77.4 cm³/mol. The van der Waals surface area contributed by atoms with Crippen LogP contribution < -0.4 is 10.2 Å². The zero-order valence-corrected chi connectivity index (χ0v) is 11.9. The third-order valence-corrected chi connectivity index (χ3v) is 3.52. The van der Waals surface area contributed by atoms with Crippen LogP contribution in [0.1, 0.15) is 18.9 Å². The number of morpholine rings is 1. The fourth-order valence-electron chi connectivity index (χ4n) is 2.43. The van der Waals surface area contributed by atoms with E-state index in [9.17, 15) is 9.50 Å². The van der Waals surface area contributed by atoms with Gasteiger partial charge >= 0.3 is 0 Å². The number of hydrogen-bond acceptors (Lipinski definition) is 4. The van der Waals surface area contributed by atoms with Crippen molar-refractivity contribution in [3.63, 3.8) is 0 Å². The molecule has 1 unspecified atom stereocenters. The lowest BCUT2D eigenvalue weighted by atomic mass is 10.1. The van der Waals surface area contributed by atoms with Gasteiger partial charge < -0.3 is 20.1 Å². The van der Waals surface area contributed by atoms with E-state index in [2.05, 4.69) is 12.2 Å². The monoisotopic (exact) mass is 282 g/mol. The normalized spacial score (nSPS) is 19.4. The van der Waals surface area contributed by atoms with Crippen LogP contribution in [-0.4, -0.2) is 44.1 Å². The Kier molecular flexibility index (Phi) is 5.76. The third-order valence-electron chi connectivity index (χ3n) is 3.52. The molecule has 1 atom stereocenters. The molecule has 0 aromatic heterocycles. The van der Waals surface area contributed by atoms with Gasteiger partial charge in [0.2, 0.25) is 0 Å². The van der Waals surface area contributed by atoms with E-state index >= 15 is 0 Å². The lowest BCUT2D eigenvalue weighted by Gasteiger charge is -2.36. The first-order valence-corrected chi connectivity index (χ1v) is 7.20. The smallest absolute Gasteiger partial charge is 0.146 e. The zero-order chi connectivity index (χ0) is 14.4. The Labute approximate surface area is 119 Å². The number of anilines is 1. The fourth-order valence-corrected chi connectivity index (χ4v) is 2.43. The molecule has 1 aliphatic rings. The van der Waals surface area contributed by atoms with Crippen LogP contribution in [0.15, 0.2) is 18.2 Å². The average Bonchev–Trinajstić information content (AvgIpc) is 2.48. The van der Waals surface area contributed by atoms with Crippen LogP contribution in [0.4, 0.5) is 10.1 Å². The fraction of sp³-hybridized carbons (Fsp3) is 0.600. The maximum atomic E-state index is 14.3. The van der Waals surface area contributed by atoms with Gasteiger partial charge in [-0.1, -0.05) is 13.0 Å². The Balaban J connectivity index is 2.08. The number of ether oxygens (including phenoxy) is 1. The van der Waals surface area contributed by atoms with E-state index in [1.807, 2.05) is 11.0 Å². The van der Waals surface area contributed by atoms with Crippen molar-refractivity contribution < 1.29 is 14.2 Å². The summed E-state index contributed by atoms with van der Waals surface area (Å²) in [7, 11) is 0. The van der Waals surface area contributed by atoms with Gasteiger partial charge in [0.25, 0.3) is 0 Å². The van der Waals surface area contributed by atoms with Gasteiger partial charge in [0.15, 0.2) is 0 Å². The topological polar surface area (TPSA) is 44.7 Å². The van der Waals surface area contributed by atoms with E-state index in [0.717, 1.165) is 18.5 Å². The second kappa shape index (κ2) is 7.57. The molecule has 1 aliphatic heterocycles. The van der Waals surface area contributed by atoms with E-state index in [-0.39, 0.29) is 18.5 Å². The molecule has 0 aliphatic carbocycles. The Morgan fingerprint density at radius 2 is 2.35 bits per heavy atom. The number of aliphatic hydroxyl groups is 1. The molecule has 1 saturated heterocycles. The number of rotatable bonds is 6. The number of halogens is 1. The molecule has 2 N–H and O–H groups in total. The molecule has 0 saturated carbocycles. The first kappa shape index (κ1) is 15.2. The summed E-state index contributed by atoms with van der Waals surface area (Å²) in [6.07, 6.45) is 1.06. The van der Waals surface area contributed by atoms with Crippen molar-refractivity contribution in [3.8, 4) is 0 Å². The second-order valence-corrected chi connectivity index (χ2v) is 5.07. The summed E-state index contributed by atoms with van der Waals surface area (Å²) in [5.41, 5.74) is 1.49. The van der Waals surface area contributed by atoms with Gasteiger partial charge in [0, 0.05) is 13.1 Å². The van der Waals surface area contributed by atoms with Crippen molar-refractivity contribution in [2.75, 3.05) is 37.8 Å². The van der Waals surface area contributed by atoms with Crippen LogP contribution in [0, 0.1) is 5.82 Å². The molecule has 1 aromatic carbocycles. The summed E-state index contributed by atoms with van der Waals surface area (Å²) in [5, 5.41) is 12.6. The molecule has 1 fully saturated rings. The Morgan fingerprint density at radius 3 is 3.05 bits per heavy atom. The summed E-state index contributed by atoms with van der Waals surface area (Å²) in [6.45, 7) is 5.29. The van der Waals surface area contributed by atoms with Crippen molar-refractivity contribution >= 4 is 5.69 Å². The van der Waals surface area contributed by atoms with Gasteiger partial charge in [-0.15, -0.1) is 0 Å². The van der Waals surface area contributed by atoms with Gasteiger partial charge in [-0.05, 0) is 30.7 Å². The Bertz CT molecular complexity index is 428. The molecular weight excluding hydrogens is 259 g/mol. The Morgan fingerprint density at radius 1 is 1.50 bits per heavy atom. The van der Waals surface area contributed by atoms with E-state index < -0.39 is 0 Å². The van der Waals surface area contributed by atoms with Crippen LogP contribution in [0.2, 0.25) is 0 Å². The third kappa shape index (κ3) is 3.69. The number of nitrogens with zero attached hydrogens (tertiary/aromatic N) is 1. The molecule has 4 nitrogen and oxygen atoms in total. The molecule has 20 heavy (non-hydrogen) atoms. The SMILES string of the molecule is CCCNCc1ccc(N2CCOCC2CO)c(F)c1. The summed E-state index contributed by atoms with van der Waals surface area (Å²) >= 11 is 0. The standard InChI is InChI=1S/C15H23FN2O2/c1-2-5-17-9-12-3-4-15(14(16)8-12)18-6-7-20-11-13(18)10-19/h3-4,8,13,17,19H,2,5-7,9-11H2,1H3. The van der Waals surface area contributed by atoms with Crippen molar-refractivity contribution in [2.45, 2.75) is 25.9 Å². The molecular formula is C15H23FN2O2. The minimum atomic E-state index is -0.235. The molecule has 0 amide bonds. The highest BCUT2D eigenvalue weighted by Gasteiger charge is 2.24. The highest BCUT2D eigenvalue weighted by atomic mass is 19.1. The lowest BCUT2D eigenvalue weighted by molar-refractivity contribution is 0.0723. The summed E-state index contributed by atoms with van der Waals surface area (Å²) in [4.78, 5) is 1.89. The first-order valence-electron chi connectivity index (χ1n) is 7.20. The van der Waals surface area contributed by atoms with Crippen LogP contribution in [0.5, 0.6) is 0 Å². The van der Waals surface area contributed by atoms with Gasteiger partial charge in [-0.3, -0.25) is 0 Å². The minimum absolute atomic E-state index is 0.0285. The quantitative estimate of drug-likeness (QED) is 0.777. The average molecular weight is 282 g/mol. The maximum Gasteiger partial charge on any atom is 0.146 e. The van der Waals surface area contributed by atoms with E-state index in [1.165, 1.54) is 0 Å². The molecule has 5 heteroatoms. The van der Waals surface area contributed by atoms with Crippen molar-refractivity contribution in [1.29, 1.82) is 0 Å². The number of aliphatic hydroxyl groups excluding tert-OH is 1. The number of benzene rings is 1. The van der Waals surface area contributed by atoms with E-state index in [0.29, 0.717) is 32.0 Å². The van der Waals surface area contributed by atoms with Crippen LogP contribution in [0.25, 0.3) is 0 Å². The molecule has 0 radical (unpaired) electrons. The minimum Gasteiger partial charge on any atom is -0.394 e. The molecule has 0 spiro atoms. The summed E-state index contributed by atoms with van der Waals surface area (Å²) in [6, 6.07) is 5.14. The maximum absolute atomic E-state index is 14.3. The van der Waals surface area contributed by atoms with Crippen molar-refractivity contribution in [1.82, 2.24) is 5.32 Å². The van der Waals surface area contributed by atoms with Crippen LogP contribution in [0.3, 0.4) is 0 Å². The highest BCUT2D eigenvalue weighted by molar-refractivity contribution is 5.50. The Hall–Kier alpha value is -1.17. The van der Waals surface area contributed by atoms with Crippen molar-refractivity contribution in [2.24, 2.45) is 0 Å². The zero-order valence-electron chi connectivity index (χ0n) is 11.9. The molecule has 1 heterocycles. The summed E-state index contributed by atoms with van der Waals surface area (Å²) in [5.74, 6) is -0.235. The molecule has 112 valence electrons. The van der Waals surface area contributed by atoms with Gasteiger partial charge in [0.1, 0.15) is 5.82 Å². The molecule has 0 bridgehead atoms. The second-order valence-electron chi connectivity index (χ2n) is 5.07. The molecule has 1 aromatic rings. The van der Waals surface area contributed by atoms with Gasteiger partial charge in [0.05, 0.1) is 31.5 Å². The van der Waals surface area contributed by atoms with Crippen molar-refractivity contribution in [3.05, 3.63) is 29.6 Å². The number of hydrogen-bond donors (Lipinski definition) is 2. The first-order chi connectivity index (χ1) is 9.76. The van der Waals surface area contributed by atoms with Gasteiger partial charge in [-0.25, -0.2) is 4.39 Å². The predicted octanol–water partition coefficient (Wildman–Crippen LogP) is 1.52. The van der Waals surface area contributed by atoms with E-state index in [4.69, 9.17) is 4.74 Å². The highest BCUT2D eigenvalue weighted by Crippen LogP contribution is 2.24.